The molecular formula is C14H22N2O. The summed E-state index contributed by atoms with van der Waals surface area (Å²) in [6.45, 7) is 5.44. The second-order valence-corrected chi connectivity index (χ2v) is 4.69. The van der Waals surface area contributed by atoms with Crippen molar-refractivity contribution in [3.63, 3.8) is 0 Å². The molecule has 3 heteroatoms. The zero-order chi connectivity index (χ0) is 11.9. The SMILES string of the molecule is CCNCc1cccc(COCCC2CC2)n1. The van der Waals surface area contributed by atoms with Crippen molar-refractivity contribution in [2.75, 3.05) is 13.2 Å². The highest BCUT2D eigenvalue weighted by molar-refractivity contribution is 5.10. The molecule has 1 aliphatic rings. The lowest BCUT2D eigenvalue weighted by molar-refractivity contribution is 0.112. The van der Waals surface area contributed by atoms with Gasteiger partial charge in [-0.2, -0.15) is 0 Å². The molecule has 1 aromatic heterocycles. The van der Waals surface area contributed by atoms with E-state index >= 15 is 0 Å². The highest BCUT2D eigenvalue weighted by Gasteiger charge is 2.20. The van der Waals surface area contributed by atoms with Gasteiger partial charge in [0.2, 0.25) is 0 Å². The van der Waals surface area contributed by atoms with Crippen LogP contribution in [0.2, 0.25) is 0 Å². The number of rotatable bonds is 8. The predicted molar refractivity (Wildman–Crippen MR) is 68.6 cm³/mol. The van der Waals surface area contributed by atoms with Crippen LogP contribution in [-0.2, 0) is 17.9 Å². The van der Waals surface area contributed by atoms with Gasteiger partial charge in [0.05, 0.1) is 18.0 Å². The molecule has 0 spiro atoms. The van der Waals surface area contributed by atoms with Gasteiger partial charge in [-0.25, -0.2) is 0 Å². The van der Waals surface area contributed by atoms with Gasteiger partial charge in [-0.05, 0) is 31.0 Å². The van der Waals surface area contributed by atoms with Crippen molar-refractivity contribution >= 4 is 0 Å². The molecule has 0 unspecified atom stereocenters. The lowest BCUT2D eigenvalue weighted by Gasteiger charge is -2.06. The van der Waals surface area contributed by atoms with Gasteiger partial charge in [-0.3, -0.25) is 4.98 Å². The fourth-order valence-corrected chi connectivity index (χ4v) is 1.79. The topological polar surface area (TPSA) is 34.1 Å². The summed E-state index contributed by atoms with van der Waals surface area (Å²) in [5, 5.41) is 3.28. The molecule has 0 atom stereocenters. The quantitative estimate of drug-likeness (QED) is 0.702. The molecule has 1 heterocycles. The summed E-state index contributed by atoms with van der Waals surface area (Å²) in [4.78, 5) is 4.56. The number of nitrogens with one attached hydrogen (secondary N) is 1. The first-order valence-electron chi connectivity index (χ1n) is 6.61. The van der Waals surface area contributed by atoms with Crippen molar-refractivity contribution in [3.05, 3.63) is 29.6 Å². The number of nitrogens with zero attached hydrogens (tertiary/aromatic N) is 1. The molecule has 94 valence electrons. The Kier molecular flexibility index (Phi) is 4.95. The molecule has 1 saturated carbocycles. The number of hydrogen-bond donors (Lipinski definition) is 1. The van der Waals surface area contributed by atoms with Crippen molar-refractivity contribution in [2.24, 2.45) is 5.92 Å². The van der Waals surface area contributed by atoms with E-state index < -0.39 is 0 Å². The minimum absolute atomic E-state index is 0.646. The van der Waals surface area contributed by atoms with Gasteiger partial charge in [0, 0.05) is 13.2 Å². The standard InChI is InChI=1S/C14H22N2O/c1-2-15-10-13-4-3-5-14(16-13)11-17-9-8-12-6-7-12/h3-5,12,15H,2,6-11H2,1H3. The fourth-order valence-electron chi connectivity index (χ4n) is 1.79. The van der Waals surface area contributed by atoms with Crippen molar-refractivity contribution in [1.82, 2.24) is 10.3 Å². The van der Waals surface area contributed by atoms with Crippen LogP contribution < -0.4 is 5.32 Å². The van der Waals surface area contributed by atoms with Crippen molar-refractivity contribution in [1.29, 1.82) is 0 Å². The minimum atomic E-state index is 0.646. The predicted octanol–water partition coefficient (Wildman–Crippen LogP) is 2.51. The molecule has 0 aliphatic heterocycles. The molecule has 1 aromatic rings. The summed E-state index contributed by atoms with van der Waals surface area (Å²) in [7, 11) is 0. The van der Waals surface area contributed by atoms with Gasteiger partial charge in [-0.1, -0.05) is 25.8 Å². The number of aromatic nitrogens is 1. The molecule has 0 saturated heterocycles. The summed E-state index contributed by atoms with van der Waals surface area (Å²) in [6, 6.07) is 6.14. The average molecular weight is 234 g/mol. The van der Waals surface area contributed by atoms with Crippen LogP contribution in [0, 0.1) is 5.92 Å². The van der Waals surface area contributed by atoms with Crippen LogP contribution in [0.4, 0.5) is 0 Å². The monoisotopic (exact) mass is 234 g/mol. The van der Waals surface area contributed by atoms with E-state index in [0.29, 0.717) is 6.61 Å². The summed E-state index contributed by atoms with van der Waals surface area (Å²) in [5.41, 5.74) is 2.13. The van der Waals surface area contributed by atoms with Gasteiger partial charge < -0.3 is 10.1 Å². The van der Waals surface area contributed by atoms with E-state index in [0.717, 1.165) is 37.0 Å². The third-order valence-corrected chi connectivity index (χ3v) is 3.04. The van der Waals surface area contributed by atoms with Crippen LogP contribution in [0.15, 0.2) is 18.2 Å². The molecule has 0 bridgehead atoms. The number of ether oxygens (including phenoxy) is 1. The van der Waals surface area contributed by atoms with E-state index in [4.69, 9.17) is 4.74 Å². The minimum Gasteiger partial charge on any atom is -0.375 e. The summed E-state index contributed by atoms with van der Waals surface area (Å²) >= 11 is 0. The Hall–Kier alpha value is -0.930. The van der Waals surface area contributed by atoms with Gasteiger partial charge >= 0.3 is 0 Å². The Morgan fingerprint density at radius 1 is 1.35 bits per heavy atom. The largest absolute Gasteiger partial charge is 0.375 e. The molecule has 0 radical (unpaired) electrons. The summed E-state index contributed by atoms with van der Waals surface area (Å²) in [6.07, 6.45) is 4.02. The van der Waals surface area contributed by atoms with Crippen LogP contribution in [0.1, 0.15) is 37.6 Å². The molecule has 3 nitrogen and oxygen atoms in total. The Labute approximate surface area is 104 Å². The highest BCUT2D eigenvalue weighted by atomic mass is 16.5. The van der Waals surface area contributed by atoms with E-state index in [9.17, 15) is 0 Å². The third kappa shape index (κ3) is 4.84. The van der Waals surface area contributed by atoms with Crippen molar-refractivity contribution < 1.29 is 4.74 Å². The Bertz CT molecular complexity index is 337. The average Bonchev–Trinajstić information content (AvgIpc) is 3.17. The number of pyridine rings is 1. The lowest BCUT2D eigenvalue weighted by atomic mass is 10.3. The highest BCUT2D eigenvalue weighted by Crippen LogP contribution is 2.32. The van der Waals surface area contributed by atoms with Gasteiger partial charge in [0.1, 0.15) is 0 Å². The number of hydrogen-bond acceptors (Lipinski definition) is 3. The van der Waals surface area contributed by atoms with E-state index in [-0.39, 0.29) is 0 Å². The molecule has 1 fully saturated rings. The molecular weight excluding hydrogens is 212 g/mol. The van der Waals surface area contributed by atoms with Crippen LogP contribution >= 0.6 is 0 Å². The molecule has 2 rings (SSSR count). The molecule has 17 heavy (non-hydrogen) atoms. The van der Waals surface area contributed by atoms with E-state index in [1.807, 2.05) is 6.07 Å². The normalized spacial score (nSPS) is 15.1. The van der Waals surface area contributed by atoms with Gasteiger partial charge in [0.15, 0.2) is 0 Å². The van der Waals surface area contributed by atoms with Gasteiger partial charge in [0.25, 0.3) is 0 Å². The summed E-state index contributed by atoms with van der Waals surface area (Å²) < 4.78 is 5.65. The van der Waals surface area contributed by atoms with Gasteiger partial charge in [-0.15, -0.1) is 0 Å². The molecule has 1 N–H and O–H groups in total. The lowest BCUT2D eigenvalue weighted by Crippen LogP contribution is -2.13. The maximum Gasteiger partial charge on any atom is 0.0887 e. The van der Waals surface area contributed by atoms with Crippen LogP contribution in [-0.4, -0.2) is 18.1 Å². The first-order valence-corrected chi connectivity index (χ1v) is 6.61. The summed E-state index contributed by atoms with van der Waals surface area (Å²) in [5.74, 6) is 0.947. The van der Waals surface area contributed by atoms with Crippen molar-refractivity contribution in [3.8, 4) is 0 Å². The second-order valence-electron chi connectivity index (χ2n) is 4.69. The zero-order valence-corrected chi connectivity index (χ0v) is 10.6. The fraction of sp³-hybridized carbons (Fsp3) is 0.643. The molecule has 1 aliphatic carbocycles. The smallest absolute Gasteiger partial charge is 0.0887 e. The van der Waals surface area contributed by atoms with E-state index in [1.54, 1.807) is 0 Å². The second kappa shape index (κ2) is 6.72. The first kappa shape index (κ1) is 12.5. The van der Waals surface area contributed by atoms with Crippen molar-refractivity contribution in [2.45, 2.75) is 39.3 Å². The first-order chi connectivity index (χ1) is 8.38. The van der Waals surface area contributed by atoms with Crippen LogP contribution in [0.5, 0.6) is 0 Å². The Morgan fingerprint density at radius 3 is 2.94 bits per heavy atom. The van der Waals surface area contributed by atoms with Crippen LogP contribution in [0.3, 0.4) is 0 Å². The maximum atomic E-state index is 5.65. The third-order valence-electron chi connectivity index (χ3n) is 3.04. The Balaban J connectivity index is 1.70. The van der Waals surface area contributed by atoms with E-state index in [2.05, 4.69) is 29.4 Å². The molecule has 0 aromatic carbocycles. The van der Waals surface area contributed by atoms with E-state index in [1.165, 1.54) is 19.3 Å². The Morgan fingerprint density at radius 2 is 2.18 bits per heavy atom. The maximum absolute atomic E-state index is 5.65. The zero-order valence-electron chi connectivity index (χ0n) is 10.6. The van der Waals surface area contributed by atoms with Crippen LogP contribution in [0.25, 0.3) is 0 Å². The molecule has 0 amide bonds.